The van der Waals surface area contributed by atoms with Crippen molar-refractivity contribution in [2.75, 3.05) is 52.5 Å². The molecule has 1 saturated carbocycles. The molecule has 3 aliphatic rings. The van der Waals surface area contributed by atoms with E-state index < -0.39 is 0 Å². The van der Waals surface area contributed by atoms with Crippen molar-refractivity contribution < 1.29 is 14.3 Å². The first-order valence-corrected chi connectivity index (χ1v) is 11.1. The Morgan fingerprint density at radius 1 is 0.966 bits per heavy atom. The van der Waals surface area contributed by atoms with Crippen LogP contribution in [-0.2, 0) is 9.53 Å². The second-order valence-electron chi connectivity index (χ2n) is 8.62. The van der Waals surface area contributed by atoms with E-state index in [9.17, 15) is 9.59 Å². The summed E-state index contributed by atoms with van der Waals surface area (Å²) in [7, 11) is 0. The van der Waals surface area contributed by atoms with Crippen LogP contribution in [-0.4, -0.2) is 85.0 Å². The Labute approximate surface area is 173 Å². The molecular weight excluding hydrogens is 366 g/mol. The monoisotopic (exact) mass is 399 g/mol. The fourth-order valence-electron chi connectivity index (χ4n) is 5.06. The predicted octanol–water partition coefficient (Wildman–Crippen LogP) is 2.17. The minimum absolute atomic E-state index is 0.0354. The largest absolute Gasteiger partial charge is 0.378 e. The van der Waals surface area contributed by atoms with Gasteiger partial charge in [0.2, 0.25) is 5.91 Å². The molecule has 3 fully saturated rings. The maximum absolute atomic E-state index is 13.4. The zero-order valence-electron chi connectivity index (χ0n) is 17.5. The van der Waals surface area contributed by atoms with E-state index in [1.807, 2.05) is 41.0 Å². The quantitative estimate of drug-likeness (QED) is 0.779. The van der Waals surface area contributed by atoms with Crippen LogP contribution in [0.3, 0.4) is 0 Å². The van der Waals surface area contributed by atoms with Crippen molar-refractivity contribution in [3.63, 3.8) is 0 Å². The first kappa shape index (κ1) is 20.4. The zero-order valence-corrected chi connectivity index (χ0v) is 17.5. The van der Waals surface area contributed by atoms with Gasteiger partial charge in [0.15, 0.2) is 0 Å². The lowest BCUT2D eigenvalue weighted by molar-refractivity contribution is -0.144. The smallest absolute Gasteiger partial charge is 0.253 e. The third kappa shape index (κ3) is 4.64. The van der Waals surface area contributed by atoms with Crippen LogP contribution in [0.4, 0.5) is 0 Å². The van der Waals surface area contributed by atoms with Gasteiger partial charge in [-0.1, -0.05) is 30.5 Å². The molecule has 6 heteroatoms. The minimum atomic E-state index is -0.0354. The number of carbonyl (C=O) groups excluding carboxylic acids is 2. The van der Waals surface area contributed by atoms with Crippen molar-refractivity contribution in [1.29, 1.82) is 0 Å². The maximum Gasteiger partial charge on any atom is 0.253 e. The fraction of sp³-hybridized carbons (Fsp3) is 0.652. The van der Waals surface area contributed by atoms with Gasteiger partial charge < -0.3 is 14.5 Å². The topological polar surface area (TPSA) is 53.1 Å². The van der Waals surface area contributed by atoms with E-state index in [0.29, 0.717) is 45.3 Å². The molecule has 0 radical (unpaired) electrons. The van der Waals surface area contributed by atoms with E-state index in [2.05, 4.69) is 4.90 Å². The summed E-state index contributed by atoms with van der Waals surface area (Å²) in [5.41, 5.74) is 1.86. The van der Waals surface area contributed by atoms with Gasteiger partial charge in [-0.05, 0) is 37.8 Å². The lowest BCUT2D eigenvalue weighted by Gasteiger charge is -2.43. The Balaban J connectivity index is 1.42. The zero-order chi connectivity index (χ0) is 20.2. The van der Waals surface area contributed by atoms with Crippen LogP contribution in [0.25, 0.3) is 0 Å². The van der Waals surface area contributed by atoms with Gasteiger partial charge in [0.05, 0.1) is 19.3 Å². The van der Waals surface area contributed by atoms with Crippen molar-refractivity contribution in [3.8, 4) is 0 Å². The summed E-state index contributed by atoms with van der Waals surface area (Å²) in [6.07, 6.45) is 4.74. The first-order valence-electron chi connectivity index (χ1n) is 11.1. The highest BCUT2D eigenvalue weighted by atomic mass is 16.5. The molecule has 2 aliphatic heterocycles. The van der Waals surface area contributed by atoms with E-state index in [-0.39, 0.29) is 17.9 Å². The van der Waals surface area contributed by atoms with Crippen molar-refractivity contribution in [2.24, 2.45) is 5.92 Å². The number of hydrogen-bond acceptors (Lipinski definition) is 4. The molecule has 0 N–H and O–H groups in total. The average Bonchev–Trinajstić information content (AvgIpc) is 3.29. The number of rotatable bonds is 4. The van der Waals surface area contributed by atoms with Crippen LogP contribution in [0.5, 0.6) is 0 Å². The third-order valence-electron chi connectivity index (χ3n) is 6.68. The highest BCUT2D eigenvalue weighted by molar-refractivity contribution is 5.94. The van der Waals surface area contributed by atoms with Crippen LogP contribution in [0.2, 0.25) is 0 Å². The molecule has 1 aliphatic carbocycles. The maximum atomic E-state index is 13.4. The highest BCUT2D eigenvalue weighted by Crippen LogP contribution is 2.32. The summed E-state index contributed by atoms with van der Waals surface area (Å²) < 4.78 is 5.44. The summed E-state index contributed by atoms with van der Waals surface area (Å²) >= 11 is 0. The van der Waals surface area contributed by atoms with E-state index in [1.54, 1.807) is 0 Å². The fourth-order valence-corrected chi connectivity index (χ4v) is 5.06. The Kier molecular flexibility index (Phi) is 6.50. The van der Waals surface area contributed by atoms with Crippen LogP contribution >= 0.6 is 0 Å². The van der Waals surface area contributed by atoms with E-state index >= 15 is 0 Å². The lowest BCUT2D eigenvalue weighted by Crippen LogP contribution is -2.59. The molecule has 158 valence electrons. The molecule has 2 amide bonds. The third-order valence-corrected chi connectivity index (χ3v) is 6.68. The molecule has 0 bridgehead atoms. The summed E-state index contributed by atoms with van der Waals surface area (Å²) in [6, 6.07) is 7.77. The van der Waals surface area contributed by atoms with Gasteiger partial charge in [-0.2, -0.15) is 0 Å². The highest BCUT2D eigenvalue weighted by Gasteiger charge is 2.39. The summed E-state index contributed by atoms with van der Waals surface area (Å²) in [5, 5.41) is 0. The Hall–Kier alpha value is -1.92. The Morgan fingerprint density at radius 2 is 1.66 bits per heavy atom. The Bertz CT molecular complexity index is 718. The molecule has 6 nitrogen and oxygen atoms in total. The van der Waals surface area contributed by atoms with Gasteiger partial charge in [-0.15, -0.1) is 0 Å². The number of piperazine rings is 1. The summed E-state index contributed by atoms with van der Waals surface area (Å²) in [4.78, 5) is 32.6. The van der Waals surface area contributed by atoms with Crippen molar-refractivity contribution in [1.82, 2.24) is 14.7 Å². The molecule has 1 aromatic carbocycles. The number of hydrogen-bond donors (Lipinski definition) is 0. The van der Waals surface area contributed by atoms with Gasteiger partial charge in [0.25, 0.3) is 5.91 Å². The summed E-state index contributed by atoms with van der Waals surface area (Å²) in [6.45, 7) is 7.62. The van der Waals surface area contributed by atoms with Gasteiger partial charge in [0, 0.05) is 44.8 Å². The molecule has 29 heavy (non-hydrogen) atoms. The number of amides is 2. The molecule has 1 aromatic rings. The molecular formula is C23H33N3O3. The first-order chi connectivity index (χ1) is 14.1. The van der Waals surface area contributed by atoms with E-state index in [4.69, 9.17) is 4.74 Å². The number of nitrogens with zero attached hydrogens (tertiary/aromatic N) is 3. The molecule has 1 atom stereocenters. The standard InChI is InChI=1S/C23H33N3O3/c1-18-5-4-8-20(17-18)22(27)25-11-9-24(10-12-25)21(19-6-2-3-7-19)23(28)26-13-15-29-16-14-26/h4-5,8,17,19,21H,2-3,6-7,9-16H2,1H3. The number of carbonyl (C=O) groups is 2. The normalized spacial score (nSPS) is 22.7. The van der Waals surface area contributed by atoms with Crippen molar-refractivity contribution in [2.45, 2.75) is 38.6 Å². The molecule has 4 rings (SSSR count). The SMILES string of the molecule is Cc1cccc(C(=O)N2CCN(C(C(=O)N3CCOCC3)C3CCCC3)CC2)c1. The summed E-state index contributed by atoms with van der Waals surface area (Å²) in [5.74, 6) is 0.827. The van der Waals surface area contributed by atoms with Gasteiger partial charge in [-0.3, -0.25) is 14.5 Å². The van der Waals surface area contributed by atoms with E-state index in [1.165, 1.54) is 12.8 Å². The lowest BCUT2D eigenvalue weighted by atomic mass is 9.94. The number of ether oxygens (including phenoxy) is 1. The molecule has 0 spiro atoms. The van der Waals surface area contributed by atoms with Crippen LogP contribution in [0, 0.1) is 12.8 Å². The number of benzene rings is 1. The van der Waals surface area contributed by atoms with Crippen LogP contribution < -0.4 is 0 Å². The molecule has 2 saturated heterocycles. The Morgan fingerprint density at radius 3 is 2.31 bits per heavy atom. The predicted molar refractivity (Wildman–Crippen MR) is 112 cm³/mol. The van der Waals surface area contributed by atoms with Crippen LogP contribution in [0.15, 0.2) is 24.3 Å². The molecule has 0 aromatic heterocycles. The van der Waals surface area contributed by atoms with E-state index in [0.717, 1.165) is 37.1 Å². The average molecular weight is 400 g/mol. The second-order valence-corrected chi connectivity index (χ2v) is 8.62. The van der Waals surface area contributed by atoms with Crippen molar-refractivity contribution in [3.05, 3.63) is 35.4 Å². The van der Waals surface area contributed by atoms with Gasteiger partial charge in [-0.25, -0.2) is 0 Å². The van der Waals surface area contributed by atoms with Gasteiger partial charge in [0.1, 0.15) is 0 Å². The number of aryl methyl sites for hydroxylation is 1. The van der Waals surface area contributed by atoms with Crippen molar-refractivity contribution >= 4 is 11.8 Å². The molecule has 1 unspecified atom stereocenters. The molecule has 2 heterocycles. The minimum Gasteiger partial charge on any atom is -0.378 e. The van der Waals surface area contributed by atoms with Gasteiger partial charge >= 0.3 is 0 Å². The second kappa shape index (κ2) is 9.26. The number of morpholine rings is 1. The van der Waals surface area contributed by atoms with Crippen LogP contribution in [0.1, 0.15) is 41.6 Å².